The Labute approximate surface area is 89.0 Å². The van der Waals surface area contributed by atoms with Gasteiger partial charge in [0, 0.05) is 12.7 Å². The molecule has 0 radical (unpaired) electrons. The Morgan fingerprint density at radius 2 is 1.87 bits per heavy atom. The lowest BCUT2D eigenvalue weighted by molar-refractivity contribution is -0.112. The number of rotatable bonds is 3. The number of benzene rings is 1. The monoisotopic (exact) mass is 206 g/mol. The molecule has 0 aliphatic rings. The lowest BCUT2D eigenvalue weighted by atomic mass is 10.2. The molecule has 1 N–H and O–H groups in total. The van der Waals surface area contributed by atoms with Gasteiger partial charge in [0.05, 0.1) is 12.8 Å². The summed E-state index contributed by atoms with van der Waals surface area (Å²) in [6.45, 7) is 1.47. The molecule has 0 saturated carbocycles. The van der Waals surface area contributed by atoms with Crippen LogP contribution >= 0.6 is 0 Å². The average Bonchev–Trinajstić information content (AvgIpc) is 2.27. The Morgan fingerprint density at radius 1 is 1.33 bits per heavy atom. The minimum Gasteiger partial charge on any atom is -0.497 e. The summed E-state index contributed by atoms with van der Waals surface area (Å²) in [7, 11) is 3.23. The molecule has 0 atom stereocenters. The molecule has 0 fully saturated rings. The SMILES string of the molecule is COc1ccc(N(C)C(=O)C(C)=N)cc1. The molecular formula is C11H14N2O2. The standard InChI is InChI=1S/C11H14N2O2/c1-8(12)11(14)13(2)9-4-6-10(15-3)7-5-9/h4-7,12H,1-3H3. The summed E-state index contributed by atoms with van der Waals surface area (Å²) in [5.41, 5.74) is 0.765. The Balaban J connectivity index is 2.87. The van der Waals surface area contributed by atoms with Crippen molar-refractivity contribution in [3.05, 3.63) is 24.3 Å². The van der Waals surface area contributed by atoms with Gasteiger partial charge in [-0.3, -0.25) is 10.2 Å². The van der Waals surface area contributed by atoms with E-state index in [0.717, 1.165) is 11.4 Å². The summed E-state index contributed by atoms with van der Waals surface area (Å²) in [6, 6.07) is 7.11. The second kappa shape index (κ2) is 4.59. The summed E-state index contributed by atoms with van der Waals surface area (Å²) in [5.74, 6) is 0.436. The average molecular weight is 206 g/mol. The molecule has 1 aromatic carbocycles. The highest BCUT2D eigenvalue weighted by molar-refractivity contribution is 6.41. The zero-order valence-electron chi connectivity index (χ0n) is 9.07. The first kappa shape index (κ1) is 11.2. The first-order valence-electron chi connectivity index (χ1n) is 4.53. The van der Waals surface area contributed by atoms with Crippen LogP contribution in [-0.4, -0.2) is 25.8 Å². The summed E-state index contributed by atoms with van der Waals surface area (Å²) < 4.78 is 5.01. The molecule has 4 heteroatoms. The number of hydrogen-bond donors (Lipinski definition) is 1. The number of hydrogen-bond acceptors (Lipinski definition) is 3. The fourth-order valence-corrected chi connectivity index (χ4v) is 1.17. The van der Waals surface area contributed by atoms with E-state index in [0.29, 0.717) is 0 Å². The van der Waals surface area contributed by atoms with Crippen LogP contribution in [0, 0.1) is 5.41 Å². The number of anilines is 1. The zero-order chi connectivity index (χ0) is 11.4. The molecule has 1 rings (SSSR count). The lowest BCUT2D eigenvalue weighted by Crippen LogP contribution is -2.31. The van der Waals surface area contributed by atoms with Crippen molar-refractivity contribution in [3.8, 4) is 5.75 Å². The lowest BCUT2D eigenvalue weighted by Gasteiger charge is -2.16. The molecule has 0 unspecified atom stereocenters. The van der Waals surface area contributed by atoms with Crippen LogP contribution in [0.15, 0.2) is 24.3 Å². The molecule has 15 heavy (non-hydrogen) atoms. The molecule has 0 saturated heterocycles. The first-order chi connectivity index (χ1) is 7.06. The number of amides is 1. The van der Waals surface area contributed by atoms with Gasteiger partial charge in [-0.25, -0.2) is 0 Å². The normalized spacial score (nSPS) is 9.53. The fourth-order valence-electron chi connectivity index (χ4n) is 1.17. The van der Waals surface area contributed by atoms with E-state index in [1.54, 1.807) is 38.4 Å². The van der Waals surface area contributed by atoms with Gasteiger partial charge in [0.2, 0.25) is 0 Å². The minimum absolute atomic E-state index is 0.0216. The molecule has 0 aliphatic carbocycles. The summed E-state index contributed by atoms with van der Waals surface area (Å²) in [6.07, 6.45) is 0. The van der Waals surface area contributed by atoms with Crippen molar-refractivity contribution in [3.63, 3.8) is 0 Å². The molecule has 0 heterocycles. The van der Waals surface area contributed by atoms with Gasteiger partial charge in [0.1, 0.15) is 5.75 Å². The van der Waals surface area contributed by atoms with Gasteiger partial charge >= 0.3 is 0 Å². The molecule has 0 aliphatic heterocycles. The molecule has 0 aromatic heterocycles. The molecule has 1 aromatic rings. The number of ether oxygens (including phenoxy) is 1. The topological polar surface area (TPSA) is 53.4 Å². The summed E-state index contributed by atoms with van der Waals surface area (Å²) >= 11 is 0. The smallest absolute Gasteiger partial charge is 0.271 e. The third-order valence-corrected chi connectivity index (χ3v) is 2.09. The number of carbonyl (C=O) groups is 1. The Hall–Kier alpha value is -1.84. The highest BCUT2D eigenvalue weighted by Crippen LogP contribution is 2.18. The van der Waals surface area contributed by atoms with Gasteiger partial charge in [0.15, 0.2) is 0 Å². The van der Waals surface area contributed by atoms with E-state index in [2.05, 4.69) is 0 Å². The van der Waals surface area contributed by atoms with E-state index < -0.39 is 0 Å². The number of methoxy groups -OCH3 is 1. The number of nitrogens with zero attached hydrogens (tertiary/aromatic N) is 1. The van der Waals surface area contributed by atoms with Crippen molar-refractivity contribution in [2.45, 2.75) is 6.92 Å². The second-order valence-corrected chi connectivity index (χ2v) is 3.19. The van der Waals surface area contributed by atoms with Crippen LogP contribution in [0.25, 0.3) is 0 Å². The van der Waals surface area contributed by atoms with Crippen molar-refractivity contribution in [2.75, 3.05) is 19.1 Å². The van der Waals surface area contributed by atoms with Crippen LogP contribution in [0.4, 0.5) is 5.69 Å². The van der Waals surface area contributed by atoms with E-state index >= 15 is 0 Å². The summed E-state index contributed by atoms with van der Waals surface area (Å²) in [4.78, 5) is 12.9. The number of carbonyl (C=O) groups excluding carboxylic acids is 1. The van der Waals surface area contributed by atoms with E-state index in [4.69, 9.17) is 10.1 Å². The van der Waals surface area contributed by atoms with E-state index in [1.165, 1.54) is 11.8 Å². The maximum atomic E-state index is 11.5. The van der Waals surface area contributed by atoms with Crippen LogP contribution < -0.4 is 9.64 Å². The predicted octanol–water partition coefficient (Wildman–Crippen LogP) is 1.70. The third-order valence-electron chi connectivity index (χ3n) is 2.09. The van der Waals surface area contributed by atoms with Crippen LogP contribution in [0.1, 0.15) is 6.92 Å². The van der Waals surface area contributed by atoms with Crippen LogP contribution in [0.3, 0.4) is 0 Å². The quantitative estimate of drug-likeness (QED) is 0.765. The van der Waals surface area contributed by atoms with E-state index in [1.807, 2.05) is 0 Å². The third kappa shape index (κ3) is 2.56. The van der Waals surface area contributed by atoms with Crippen molar-refractivity contribution >= 4 is 17.3 Å². The van der Waals surface area contributed by atoms with Crippen molar-refractivity contribution in [2.24, 2.45) is 0 Å². The minimum atomic E-state index is -0.305. The van der Waals surface area contributed by atoms with Gasteiger partial charge in [-0.1, -0.05) is 0 Å². The molecule has 0 bridgehead atoms. The van der Waals surface area contributed by atoms with Crippen molar-refractivity contribution in [1.29, 1.82) is 5.41 Å². The maximum absolute atomic E-state index is 11.5. The van der Waals surface area contributed by atoms with Gasteiger partial charge in [-0.15, -0.1) is 0 Å². The second-order valence-electron chi connectivity index (χ2n) is 3.19. The molecule has 1 amide bonds. The van der Waals surface area contributed by atoms with E-state index in [-0.39, 0.29) is 11.6 Å². The largest absolute Gasteiger partial charge is 0.497 e. The van der Waals surface area contributed by atoms with Crippen molar-refractivity contribution < 1.29 is 9.53 Å². The van der Waals surface area contributed by atoms with Crippen LogP contribution in [0.5, 0.6) is 5.75 Å². The van der Waals surface area contributed by atoms with E-state index in [9.17, 15) is 4.79 Å². The number of nitrogens with one attached hydrogen (secondary N) is 1. The summed E-state index contributed by atoms with van der Waals surface area (Å²) in [5, 5.41) is 7.24. The Kier molecular flexibility index (Phi) is 3.44. The highest BCUT2D eigenvalue weighted by Gasteiger charge is 2.12. The molecular weight excluding hydrogens is 192 g/mol. The zero-order valence-corrected chi connectivity index (χ0v) is 9.07. The highest BCUT2D eigenvalue weighted by atomic mass is 16.5. The predicted molar refractivity (Wildman–Crippen MR) is 59.8 cm³/mol. The first-order valence-corrected chi connectivity index (χ1v) is 4.53. The molecule has 0 spiro atoms. The Morgan fingerprint density at radius 3 is 2.27 bits per heavy atom. The Bertz CT molecular complexity index is 371. The van der Waals surface area contributed by atoms with Gasteiger partial charge < -0.3 is 9.64 Å². The van der Waals surface area contributed by atoms with Gasteiger partial charge in [-0.2, -0.15) is 0 Å². The fraction of sp³-hybridized carbons (Fsp3) is 0.273. The van der Waals surface area contributed by atoms with Crippen LogP contribution in [-0.2, 0) is 4.79 Å². The van der Waals surface area contributed by atoms with Crippen LogP contribution in [0.2, 0.25) is 0 Å². The maximum Gasteiger partial charge on any atom is 0.271 e. The van der Waals surface area contributed by atoms with Gasteiger partial charge in [-0.05, 0) is 31.2 Å². The molecule has 4 nitrogen and oxygen atoms in total. The van der Waals surface area contributed by atoms with Crippen molar-refractivity contribution in [1.82, 2.24) is 0 Å². The van der Waals surface area contributed by atoms with Gasteiger partial charge in [0.25, 0.3) is 5.91 Å². The molecule has 80 valence electrons.